The summed E-state index contributed by atoms with van der Waals surface area (Å²) >= 11 is 0. The summed E-state index contributed by atoms with van der Waals surface area (Å²) < 4.78 is 6.62. The molecule has 1 aromatic rings. The Kier molecular flexibility index (Phi) is 2.88. The van der Waals surface area contributed by atoms with Gasteiger partial charge in [-0.2, -0.15) is 5.10 Å². The first-order valence-corrected chi connectivity index (χ1v) is 3.36. The molecule has 0 aliphatic rings. The molecular formula is C6H12N4O. The molecule has 0 spiro atoms. The van der Waals surface area contributed by atoms with E-state index in [1.54, 1.807) is 24.1 Å². The summed E-state index contributed by atoms with van der Waals surface area (Å²) in [5, 5.41) is 4.02. The van der Waals surface area contributed by atoms with Crippen LogP contribution in [0.4, 0.5) is 5.82 Å². The molecule has 3 N–H and O–H groups in total. The maximum absolute atomic E-state index is 5.22. The lowest BCUT2D eigenvalue weighted by Gasteiger charge is -2.04. The van der Waals surface area contributed by atoms with Crippen LogP contribution in [0.3, 0.4) is 0 Å². The molecular weight excluding hydrogens is 144 g/mol. The van der Waals surface area contributed by atoms with E-state index in [1.165, 1.54) is 0 Å². The molecule has 0 atom stereocenters. The molecule has 0 aromatic carbocycles. The van der Waals surface area contributed by atoms with E-state index in [0.29, 0.717) is 13.2 Å². The fourth-order valence-corrected chi connectivity index (χ4v) is 0.811. The average Bonchev–Trinajstić information content (AvgIpc) is 2.47. The monoisotopic (exact) mass is 156 g/mol. The summed E-state index contributed by atoms with van der Waals surface area (Å²) in [6, 6.07) is 1.80. The van der Waals surface area contributed by atoms with Crippen LogP contribution < -0.4 is 11.3 Å². The van der Waals surface area contributed by atoms with E-state index in [0.717, 1.165) is 5.82 Å². The van der Waals surface area contributed by atoms with Crippen molar-refractivity contribution in [1.82, 2.24) is 9.78 Å². The van der Waals surface area contributed by atoms with Crippen LogP contribution in [0.25, 0.3) is 0 Å². The van der Waals surface area contributed by atoms with Crippen LogP contribution in [-0.4, -0.2) is 23.5 Å². The number of nitrogens with one attached hydrogen (secondary N) is 1. The first kappa shape index (κ1) is 8.03. The molecule has 0 bridgehead atoms. The third-order valence-electron chi connectivity index (χ3n) is 1.37. The number of anilines is 1. The quantitative estimate of drug-likeness (QED) is 0.468. The highest BCUT2D eigenvalue weighted by molar-refractivity contribution is 5.31. The van der Waals surface area contributed by atoms with E-state index < -0.39 is 0 Å². The van der Waals surface area contributed by atoms with Gasteiger partial charge in [-0.25, -0.2) is 10.5 Å². The summed E-state index contributed by atoms with van der Waals surface area (Å²) in [5.41, 5.74) is 2.53. The van der Waals surface area contributed by atoms with E-state index in [4.69, 9.17) is 10.6 Å². The van der Waals surface area contributed by atoms with Crippen LogP contribution in [0.1, 0.15) is 0 Å². The number of nitrogens with zero attached hydrogens (tertiary/aromatic N) is 2. The Labute approximate surface area is 65.1 Å². The van der Waals surface area contributed by atoms with Crippen LogP contribution in [-0.2, 0) is 11.3 Å². The highest BCUT2D eigenvalue weighted by atomic mass is 16.5. The summed E-state index contributed by atoms with van der Waals surface area (Å²) in [5.74, 6) is 6.01. The van der Waals surface area contributed by atoms with Crippen LogP contribution in [0.15, 0.2) is 12.3 Å². The standard InChI is InChI=1S/C6H12N4O/c1-11-5-4-10-6(9-7)2-3-8-10/h2-3,9H,4-5,7H2,1H3. The van der Waals surface area contributed by atoms with Gasteiger partial charge in [0.15, 0.2) is 0 Å². The zero-order chi connectivity index (χ0) is 8.10. The minimum Gasteiger partial charge on any atom is -0.383 e. The topological polar surface area (TPSA) is 65.1 Å². The average molecular weight is 156 g/mol. The normalized spacial score (nSPS) is 10.0. The van der Waals surface area contributed by atoms with Crippen molar-refractivity contribution in [2.45, 2.75) is 6.54 Å². The van der Waals surface area contributed by atoms with Crippen LogP contribution in [0.5, 0.6) is 0 Å². The van der Waals surface area contributed by atoms with Crippen molar-refractivity contribution in [3.63, 3.8) is 0 Å². The molecule has 0 aliphatic heterocycles. The third kappa shape index (κ3) is 1.92. The lowest BCUT2D eigenvalue weighted by molar-refractivity contribution is 0.184. The van der Waals surface area contributed by atoms with Gasteiger partial charge in [0.1, 0.15) is 5.82 Å². The Balaban J connectivity index is 2.54. The number of nitrogens with two attached hydrogens (primary N) is 1. The second-order valence-electron chi connectivity index (χ2n) is 2.08. The first-order valence-electron chi connectivity index (χ1n) is 3.36. The first-order chi connectivity index (χ1) is 5.38. The third-order valence-corrected chi connectivity index (χ3v) is 1.37. The van der Waals surface area contributed by atoms with Crippen LogP contribution in [0.2, 0.25) is 0 Å². The fourth-order valence-electron chi connectivity index (χ4n) is 0.811. The number of methoxy groups -OCH3 is 1. The maximum Gasteiger partial charge on any atom is 0.138 e. The molecule has 5 heteroatoms. The number of rotatable bonds is 4. The van der Waals surface area contributed by atoms with Crippen molar-refractivity contribution in [3.05, 3.63) is 12.3 Å². The molecule has 1 heterocycles. The second-order valence-corrected chi connectivity index (χ2v) is 2.08. The molecule has 0 fully saturated rings. The minimum atomic E-state index is 0.635. The Hall–Kier alpha value is -1.07. The van der Waals surface area contributed by atoms with E-state index in [9.17, 15) is 0 Å². The Morgan fingerprint density at radius 2 is 2.64 bits per heavy atom. The predicted octanol–water partition coefficient (Wildman–Crippen LogP) is -0.185. The van der Waals surface area contributed by atoms with Gasteiger partial charge in [-0.1, -0.05) is 0 Å². The van der Waals surface area contributed by atoms with Crippen molar-refractivity contribution >= 4 is 5.82 Å². The molecule has 11 heavy (non-hydrogen) atoms. The Morgan fingerprint density at radius 3 is 3.27 bits per heavy atom. The summed E-state index contributed by atoms with van der Waals surface area (Å²) in [6.45, 7) is 1.35. The molecule has 0 saturated heterocycles. The molecule has 0 amide bonds. The predicted molar refractivity (Wildman–Crippen MR) is 41.9 cm³/mol. The zero-order valence-corrected chi connectivity index (χ0v) is 6.45. The number of ether oxygens (including phenoxy) is 1. The number of hydrazine groups is 1. The number of nitrogen functional groups attached to an aromatic ring is 1. The lowest BCUT2D eigenvalue weighted by Crippen LogP contribution is -2.14. The van der Waals surface area contributed by atoms with Gasteiger partial charge in [0, 0.05) is 13.2 Å². The van der Waals surface area contributed by atoms with Gasteiger partial charge >= 0.3 is 0 Å². The van der Waals surface area contributed by atoms with Crippen molar-refractivity contribution in [2.75, 3.05) is 19.1 Å². The van der Waals surface area contributed by atoms with E-state index >= 15 is 0 Å². The number of hydrogen-bond donors (Lipinski definition) is 2. The highest BCUT2D eigenvalue weighted by Gasteiger charge is 1.97. The largest absolute Gasteiger partial charge is 0.383 e. The molecule has 0 unspecified atom stereocenters. The SMILES string of the molecule is COCCn1nccc1NN. The Bertz CT molecular complexity index is 210. The minimum absolute atomic E-state index is 0.635. The molecule has 0 aliphatic carbocycles. The number of aromatic nitrogens is 2. The summed E-state index contributed by atoms with van der Waals surface area (Å²) in [4.78, 5) is 0. The highest BCUT2D eigenvalue weighted by Crippen LogP contribution is 2.02. The summed E-state index contributed by atoms with van der Waals surface area (Å²) in [7, 11) is 1.65. The van der Waals surface area contributed by atoms with Gasteiger partial charge in [-0.15, -0.1) is 0 Å². The van der Waals surface area contributed by atoms with Crippen LogP contribution >= 0.6 is 0 Å². The van der Waals surface area contributed by atoms with Crippen molar-refractivity contribution in [2.24, 2.45) is 5.84 Å². The molecule has 62 valence electrons. The van der Waals surface area contributed by atoms with Gasteiger partial charge in [0.2, 0.25) is 0 Å². The molecule has 0 radical (unpaired) electrons. The van der Waals surface area contributed by atoms with E-state index in [1.807, 2.05) is 0 Å². The molecule has 0 saturated carbocycles. The van der Waals surface area contributed by atoms with E-state index in [2.05, 4.69) is 10.5 Å². The number of hydrogen-bond acceptors (Lipinski definition) is 4. The van der Waals surface area contributed by atoms with Crippen molar-refractivity contribution < 1.29 is 4.74 Å². The van der Waals surface area contributed by atoms with Crippen LogP contribution in [0, 0.1) is 0 Å². The maximum atomic E-state index is 5.22. The smallest absolute Gasteiger partial charge is 0.138 e. The van der Waals surface area contributed by atoms with E-state index in [-0.39, 0.29) is 0 Å². The zero-order valence-electron chi connectivity index (χ0n) is 6.45. The second kappa shape index (κ2) is 3.95. The van der Waals surface area contributed by atoms with Gasteiger partial charge < -0.3 is 10.2 Å². The Morgan fingerprint density at radius 1 is 1.82 bits per heavy atom. The lowest BCUT2D eigenvalue weighted by atomic mass is 10.6. The van der Waals surface area contributed by atoms with Crippen molar-refractivity contribution in [1.29, 1.82) is 0 Å². The van der Waals surface area contributed by atoms with Gasteiger partial charge in [0.25, 0.3) is 0 Å². The van der Waals surface area contributed by atoms with Gasteiger partial charge in [0.05, 0.1) is 19.3 Å². The molecule has 5 nitrogen and oxygen atoms in total. The molecule has 1 rings (SSSR count). The fraction of sp³-hybridized carbons (Fsp3) is 0.500. The van der Waals surface area contributed by atoms with Gasteiger partial charge in [-0.05, 0) is 0 Å². The summed E-state index contributed by atoms with van der Waals surface area (Å²) in [6.07, 6.45) is 1.69. The molecule has 1 aromatic heterocycles. The van der Waals surface area contributed by atoms with Gasteiger partial charge in [-0.3, -0.25) is 0 Å². The van der Waals surface area contributed by atoms with Crippen molar-refractivity contribution in [3.8, 4) is 0 Å².